The molecule has 17 heavy (non-hydrogen) atoms. The zero-order chi connectivity index (χ0) is 12.6. The minimum atomic E-state index is -0.0744. The van der Waals surface area contributed by atoms with E-state index in [1.165, 1.54) is 0 Å². The molecule has 1 heterocycles. The van der Waals surface area contributed by atoms with Crippen LogP contribution in [0.2, 0.25) is 0 Å². The monoisotopic (exact) mass is 230 g/mol. The van der Waals surface area contributed by atoms with Gasteiger partial charge < -0.3 is 5.11 Å². The topological polar surface area (TPSA) is 38.0 Å². The van der Waals surface area contributed by atoms with Gasteiger partial charge >= 0.3 is 0 Å². The van der Waals surface area contributed by atoms with Crippen LogP contribution in [-0.2, 0) is 5.54 Å². The van der Waals surface area contributed by atoms with Crippen LogP contribution in [0.4, 0.5) is 0 Å². The maximum atomic E-state index is 9.55. The van der Waals surface area contributed by atoms with E-state index in [-0.39, 0.29) is 11.3 Å². The molecule has 0 unspecified atom stereocenters. The lowest BCUT2D eigenvalue weighted by Gasteiger charge is -2.22. The van der Waals surface area contributed by atoms with Crippen LogP contribution in [0.5, 0.6) is 5.75 Å². The van der Waals surface area contributed by atoms with E-state index in [4.69, 9.17) is 0 Å². The third-order valence-electron chi connectivity index (χ3n) is 2.61. The Morgan fingerprint density at radius 3 is 2.47 bits per heavy atom. The van der Waals surface area contributed by atoms with Gasteiger partial charge in [0.2, 0.25) is 0 Å². The van der Waals surface area contributed by atoms with Gasteiger partial charge in [0.1, 0.15) is 5.75 Å². The predicted molar refractivity (Wildman–Crippen MR) is 69.1 cm³/mol. The second-order valence-corrected chi connectivity index (χ2v) is 5.30. The first-order valence-electron chi connectivity index (χ1n) is 5.74. The molecule has 3 heteroatoms. The highest BCUT2D eigenvalue weighted by molar-refractivity contribution is 5.62. The van der Waals surface area contributed by atoms with Gasteiger partial charge in [0.15, 0.2) is 0 Å². The Labute approximate surface area is 102 Å². The number of benzene rings is 1. The summed E-state index contributed by atoms with van der Waals surface area (Å²) in [5, 5.41) is 14.1. The summed E-state index contributed by atoms with van der Waals surface area (Å²) in [5.41, 5.74) is 2.93. The van der Waals surface area contributed by atoms with E-state index in [1.807, 2.05) is 29.8 Å². The number of phenols is 1. The first-order chi connectivity index (χ1) is 7.88. The van der Waals surface area contributed by atoms with Crippen LogP contribution < -0.4 is 0 Å². The molecule has 0 radical (unpaired) electrons. The summed E-state index contributed by atoms with van der Waals surface area (Å²) >= 11 is 0. The molecule has 2 aromatic rings. The Hall–Kier alpha value is -1.77. The molecule has 0 aliphatic heterocycles. The molecule has 0 atom stereocenters. The van der Waals surface area contributed by atoms with Crippen LogP contribution in [0, 0.1) is 6.92 Å². The Bertz CT molecular complexity index is 535. The molecule has 0 bridgehead atoms. The van der Waals surface area contributed by atoms with Gasteiger partial charge in [-0.1, -0.05) is 12.1 Å². The molecule has 2 rings (SSSR count). The van der Waals surface area contributed by atoms with Crippen LogP contribution in [0.15, 0.2) is 30.3 Å². The van der Waals surface area contributed by atoms with Crippen LogP contribution in [0.25, 0.3) is 11.3 Å². The fourth-order valence-electron chi connectivity index (χ4n) is 1.88. The molecule has 0 aliphatic rings. The van der Waals surface area contributed by atoms with Crippen molar-refractivity contribution in [2.24, 2.45) is 0 Å². The smallest absolute Gasteiger partial charge is 0.116 e. The van der Waals surface area contributed by atoms with Crippen molar-refractivity contribution in [1.29, 1.82) is 0 Å². The van der Waals surface area contributed by atoms with Crippen molar-refractivity contribution in [1.82, 2.24) is 9.78 Å². The summed E-state index contributed by atoms with van der Waals surface area (Å²) in [4.78, 5) is 0. The van der Waals surface area contributed by atoms with E-state index in [2.05, 4.69) is 25.9 Å². The molecule has 3 nitrogen and oxygen atoms in total. The second-order valence-electron chi connectivity index (χ2n) is 5.30. The molecule has 0 fully saturated rings. The number of nitrogens with zero attached hydrogens (tertiary/aromatic N) is 2. The molecular formula is C14H18N2O. The number of aromatic hydroxyl groups is 1. The van der Waals surface area contributed by atoms with Gasteiger partial charge in [-0.25, -0.2) is 0 Å². The summed E-state index contributed by atoms with van der Waals surface area (Å²) in [6.45, 7) is 8.33. The summed E-state index contributed by atoms with van der Waals surface area (Å²) < 4.78 is 2.00. The van der Waals surface area contributed by atoms with E-state index in [1.54, 1.807) is 12.1 Å². The molecule has 1 N–H and O–H groups in total. The second kappa shape index (κ2) is 3.91. The molecule has 1 aromatic carbocycles. The molecule has 0 aliphatic carbocycles. The van der Waals surface area contributed by atoms with Crippen molar-refractivity contribution in [3.8, 4) is 17.0 Å². The Morgan fingerprint density at radius 1 is 1.18 bits per heavy atom. The van der Waals surface area contributed by atoms with Gasteiger partial charge in [-0.15, -0.1) is 0 Å². The van der Waals surface area contributed by atoms with Gasteiger partial charge in [0.05, 0.1) is 16.9 Å². The van der Waals surface area contributed by atoms with Gasteiger partial charge in [-0.05, 0) is 45.9 Å². The maximum absolute atomic E-state index is 9.55. The van der Waals surface area contributed by atoms with Gasteiger partial charge in [0, 0.05) is 5.56 Å². The quantitative estimate of drug-likeness (QED) is 0.816. The maximum Gasteiger partial charge on any atom is 0.116 e. The van der Waals surface area contributed by atoms with Crippen molar-refractivity contribution in [2.45, 2.75) is 33.2 Å². The minimum Gasteiger partial charge on any atom is -0.508 e. The van der Waals surface area contributed by atoms with E-state index in [0.717, 1.165) is 17.0 Å². The number of aryl methyl sites for hydroxylation is 1. The fraction of sp³-hybridized carbons (Fsp3) is 0.357. The molecule has 0 spiro atoms. The number of rotatable bonds is 1. The summed E-state index contributed by atoms with van der Waals surface area (Å²) in [7, 11) is 0. The van der Waals surface area contributed by atoms with Gasteiger partial charge in [0.25, 0.3) is 0 Å². The largest absolute Gasteiger partial charge is 0.508 e. The molecule has 0 amide bonds. The standard InChI is InChI=1S/C14H18N2O/c1-10-8-13(16(15-10)14(2,3)4)11-6-5-7-12(17)9-11/h5-9,17H,1-4H3. The van der Waals surface area contributed by atoms with E-state index >= 15 is 0 Å². The van der Waals surface area contributed by atoms with Crippen molar-refractivity contribution < 1.29 is 5.11 Å². The van der Waals surface area contributed by atoms with E-state index in [9.17, 15) is 5.11 Å². The van der Waals surface area contributed by atoms with Crippen LogP contribution in [-0.4, -0.2) is 14.9 Å². The SMILES string of the molecule is Cc1cc(-c2cccc(O)c2)n(C(C)(C)C)n1. The van der Waals surface area contributed by atoms with Crippen LogP contribution >= 0.6 is 0 Å². The highest BCUT2D eigenvalue weighted by Crippen LogP contribution is 2.28. The molecule has 1 aromatic heterocycles. The number of aromatic nitrogens is 2. The Balaban J connectivity index is 2.60. The third-order valence-corrected chi connectivity index (χ3v) is 2.61. The lowest BCUT2D eigenvalue weighted by Crippen LogP contribution is -2.24. The van der Waals surface area contributed by atoms with Crippen molar-refractivity contribution >= 4 is 0 Å². The first kappa shape index (κ1) is 11.7. The number of hydrogen-bond donors (Lipinski definition) is 1. The van der Waals surface area contributed by atoms with Crippen LogP contribution in [0.1, 0.15) is 26.5 Å². The van der Waals surface area contributed by atoms with Crippen molar-refractivity contribution in [3.63, 3.8) is 0 Å². The van der Waals surface area contributed by atoms with Crippen molar-refractivity contribution in [2.75, 3.05) is 0 Å². The summed E-state index contributed by atoms with van der Waals surface area (Å²) in [5.74, 6) is 0.279. The van der Waals surface area contributed by atoms with Crippen molar-refractivity contribution in [3.05, 3.63) is 36.0 Å². The first-order valence-corrected chi connectivity index (χ1v) is 5.74. The average Bonchev–Trinajstić information content (AvgIpc) is 2.60. The number of phenolic OH excluding ortho intramolecular Hbond substituents is 1. The predicted octanol–water partition coefficient (Wildman–Crippen LogP) is 3.32. The zero-order valence-corrected chi connectivity index (χ0v) is 10.7. The summed E-state index contributed by atoms with van der Waals surface area (Å²) in [6, 6.07) is 9.31. The lowest BCUT2D eigenvalue weighted by atomic mass is 10.1. The molecule has 0 saturated carbocycles. The highest BCUT2D eigenvalue weighted by atomic mass is 16.3. The average molecular weight is 230 g/mol. The van der Waals surface area contributed by atoms with E-state index in [0.29, 0.717) is 0 Å². The lowest BCUT2D eigenvalue weighted by molar-refractivity contribution is 0.358. The molecular weight excluding hydrogens is 212 g/mol. The normalized spacial score (nSPS) is 11.8. The zero-order valence-electron chi connectivity index (χ0n) is 10.7. The minimum absolute atomic E-state index is 0.0744. The highest BCUT2D eigenvalue weighted by Gasteiger charge is 2.19. The fourth-order valence-corrected chi connectivity index (χ4v) is 1.88. The van der Waals surface area contributed by atoms with Gasteiger partial charge in [-0.3, -0.25) is 4.68 Å². The Kier molecular flexibility index (Phi) is 2.69. The summed E-state index contributed by atoms with van der Waals surface area (Å²) in [6.07, 6.45) is 0. The molecule has 0 saturated heterocycles. The van der Waals surface area contributed by atoms with Gasteiger partial charge in [-0.2, -0.15) is 5.10 Å². The van der Waals surface area contributed by atoms with Crippen LogP contribution in [0.3, 0.4) is 0 Å². The third kappa shape index (κ3) is 2.33. The van der Waals surface area contributed by atoms with E-state index < -0.39 is 0 Å². The molecule has 90 valence electrons. The Morgan fingerprint density at radius 2 is 1.88 bits per heavy atom. The number of hydrogen-bond acceptors (Lipinski definition) is 2.